The van der Waals surface area contributed by atoms with Crippen LogP contribution in [0, 0.1) is 0 Å². The van der Waals surface area contributed by atoms with Gasteiger partial charge in [-0.3, -0.25) is 0 Å². The lowest BCUT2D eigenvalue weighted by Crippen LogP contribution is -2.46. The first-order valence-corrected chi connectivity index (χ1v) is 7.04. The molecule has 1 aromatic rings. The lowest BCUT2D eigenvalue weighted by molar-refractivity contribution is 0.0419. The van der Waals surface area contributed by atoms with Gasteiger partial charge < -0.3 is 19.7 Å². The maximum Gasteiger partial charge on any atom is 0.128 e. The van der Waals surface area contributed by atoms with E-state index in [0.29, 0.717) is 12.4 Å². The van der Waals surface area contributed by atoms with Gasteiger partial charge in [0.25, 0.3) is 0 Å². The van der Waals surface area contributed by atoms with Gasteiger partial charge in [0.15, 0.2) is 0 Å². The van der Waals surface area contributed by atoms with Crippen LogP contribution in [0.1, 0.15) is 12.5 Å². The molecule has 0 radical (unpaired) electrons. The van der Waals surface area contributed by atoms with Gasteiger partial charge in [-0.25, -0.2) is 4.98 Å². The molecule has 2 rings (SSSR count). The molecule has 0 amide bonds. The van der Waals surface area contributed by atoms with Crippen molar-refractivity contribution in [3.63, 3.8) is 0 Å². The van der Waals surface area contributed by atoms with E-state index in [1.54, 1.807) is 0 Å². The van der Waals surface area contributed by atoms with Gasteiger partial charge in [-0.1, -0.05) is 6.58 Å². The second-order valence-electron chi connectivity index (χ2n) is 4.76. The topological polar surface area (TPSA) is 46.6 Å². The number of anilines is 1. The Bertz CT molecular complexity index is 431. The largest absolute Gasteiger partial charge is 0.494 e. The van der Waals surface area contributed by atoms with Crippen molar-refractivity contribution in [1.29, 1.82) is 0 Å². The second-order valence-corrected chi connectivity index (χ2v) is 4.76. The Kier molecular flexibility index (Phi) is 5.38. The fourth-order valence-corrected chi connectivity index (χ4v) is 2.27. The summed E-state index contributed by atoms with van der Waals surface area (Å²) >= 11 is 0. The van der Waals surface area contributed by atoms with Crippen molar-refractivity contribution in [3.8, 4) is 0 Å². The van der Waals surface area contributed by atoms with Gasteiger partial charge in [-0.2, -0.15) is 0 Å². The quantitative estimate of drug-likeness (QED) is 0.799. The number of hydrogen-bond donors (Lipinski definition) is 1. The molecule has 1 atom stereocenters. The molecule has 5 heteroatoms. The van der Waals surface area contributed by atoms with E-state index < -0.39 is 0 Å². The van der Waals surface area contributed by atoms with Gasteiger partial charge in [0.1, 0.15) is 11.6 Å². The molecule has 1 unspecified atom stereocenters. The van der Waals surface area contributed by atoms with Crippen molar-refractivity contribution < 1.29 is 9.47 Å². The Morgan fingerprint density at radius 1 is 1.60 bits per heavy atom. The van der Waals surface area contributed by atoms with Crippen LogP contribution in [-0.4, -0.2) is 51.0 Å². The van der Waals surface area contributed by atoms with E-state index in [0.717, 1.165) is 37.6 Å². The maximum atomic E-state index is 5.70. The first-order chi connectivity index (χ1) is 9.74. The summed E-state index contributed by atoms with van der Waals surface area (Å²) in [6.07, 6.45) is 2.03. The molecule has 1 N–H and O–H groups in total. The molecule has 1 saturated heterocycles. The van der Waals surface area contributed by atoms with Gasteiger partial charge in [0.05, 0.1) is 19.3 Å². The number of nitrogens with zero attached hydrogens (tertiary/aromatic N) is 2. The van der Waals surface area contributed by atoms with Crippen molar-refractivity contribution in [2.45, 2.75) is 13.0 Å². The number of pyridine rings is 1. The zero-order chi connectivity index (χ0) is 14.4. The van der Waals surface area contributed by atoms with Crippen LogP contribution in [0.3, 0.4) is 0 Å². The minimum absolute atomic E-state index is 0.216. The van der Waals surface area contributed by atoms with Crippen LogP contribution in [0.4, 0.5) is 5.82 Å². The molecule has 0 aromatic carbocycles. The number of ether oxygens (including phenoxy) is 2. The fourth-order valence-electron chi connectivity index (χ4n) is 2.27. The van der Waals surface area contributed by atoms with Crippen LogP contribution in [0.2, 0.25) is 0 Å². The molecule has 1 aliphatic rings. The van der Waals surface area contributed by atoms with E-state index in [-0.39, 0.29) is 6.10 Å². The van der Waals surface area contributed by atoms with E-state index in [4.69, 9.17) is 9.47 Å². The highest BCUT2D eigenvalue weighted by Gasteiger charge is 2.20. The SMILES string of the molecule is C=C(OCC)c1ccc(N2CCOC(CNC)C2)nc1. The molecule has 2 heterocycles. The van der Waals surface area contributed by atoms with Gasteiger partial charge in [-0.15, -0.1) is 0 Å². The van der Waals surface area contributed by atoms with Gasteiger partial charge in [-0.05, 0) is 26.1 Å². The average molecular weight is 277 g/mol. The molecule has 1 fully saturated rings. The van der Waals surface area contributed by atoms with Crippen molar-refractivity contribution in [2.75, 3.05) is 44.8 Å². The van der Waals surface area contributed by atoms with Crippen LogP contribution in [-0.2, 0) is 9.47 Å². The predicted molar refractivity (Wildman–Crippen MR) is 80.8 cm³/mol. The fraction of sp³-hybridized carbons (Fsp3) is 0.533. The van der Waals surface area contributed by atoms with Gasteiger partial charge in [0, 0.05) is 31.4 Å². The normalized spacial score (nSPS) is 18.9. The predicted octanol–water partition coefficient (Wildman–Crippen LogP) is 1.51. The number of nitrogens with one attached hydrogen (secondary N) is 1. The minimum Gasteiger partial charge on any atom is -0.494 e. The molecule has 0 bridgehead atoms. The number of aromatic nitrogens is 1. The highest BCUT2D eigenvalue weighted by Crippen LogP contribution is 2.18. The van der Waals surface area contributed by atoms with E-state index in [1.807, 2.05) is 32.3 Å². The summed E-state index contributed by atoms with van der Waals surface area (Å²) in [7, 11) is 1.94. The first-order valence-electron chi connectivity index (χ1n) is 7.04. The van der Waals surface area contributed by atoms with E-state index in [2.05, 4.69) is 21.8 Å². The monoisotopic (exact) mass is 277 g/mol. The summed E-state index contributed by atoms with van der Waals surface area (Å²) in [5.74, 6) is 1.64. The number of hydrogen-bond acceptors (Lipinski definition) is 5. The molecule has 5 nitrogen and oxygen atoms in total. The molecule has 0 aliphatic carbocycles. The van der Waals surface area contributed by atoms with E-state index in [9.17, 15) is 0 Å². The number of rotatable bonds is 6. The Labute approximate surface area is 120 Å². The third-order valence-electron chi connectivity index (χ3n) is 3.28. The van der Waals surface area contributed by atoms with Crippen LogP contribution in [0.5, 0.6) is 0 Å². The van der Waals surface area contributed by atoms with Crippen molar-refractivity contribution in [2.24, 2.45) is 0 Å². The zero-order valence-electron chi connectivity index (χ0n) is 12.3. The molecule has 110 valence electrons. The molecular formula is C15H23N3O2. The highest BCUT2D eigenvalue weighted by molar-refractivity contribution is 5.58. The standard InChI is InChI=1S/C15H23N3O2/c1-4-19-12(2)13-5-6-15(17-9-13)18-7-8-20-14(11-18)10-16-3/h5-6,9,14,16H,2,4,7-8,10-11H2,1,3H3. The lowest BCUT2D eigenvalue weighted by Gasteiger charge is -2.33. The summed E-state index contributed by atoms with van der Waals surface area (Å²) in [4.78, 5) is 6.76. The molecule has 1 aliphatic heterocycles. The van der Waals surface area contributed by atoms with Crippen molar-refractivity contribution >= 4 is 11.6 Å². The minimum atomic E-state index is 0.216. The maximum absolute atomic E-state index is 5.70. The van der Waals surface area contributed by atoms with Gasteiger partial charge >= 0.3 is 0 Å². The Morgan fingerprint density at radius 3 is 3.10 bits per heavy atom. The Balaban J connectivity index is 2.00. The highest BCUT2D eigenvalue weighted by atomic mass is 16.5. The number of morpholine rings is 1. The van der Waals surface area contributed by atoms with Crippen LogP contribution >= 0.6 is 0 Å². The van der Waals surface area contributed by atoms with Crippen molar-refractivity contribution in [1.82, 2.24) is 10.3 Å². The summed E-state index contributed by atoms with van der Waals surface area (Å²) < 4.78 is 11.1. The van der Waals surface area contributed by atoms with Gasteiger partial charge in [0.2, 0.25) is 0 Å². The molecular weight excluding hydrogens is 254 g/mol. The molecule has 20 heavy (non-hydrogen) atoms. The first kappa shape index (κ1) is 14.8. The van der Waals surface area contributed by atoms with Crippen LogP contribution in [0.25, 0.3) is 5.76 Å². The third-order valence-corrected chi connectivity index (χ3v) is 3.28. The number of likely N-dealkylation sites (N-methyl/N-ethyl adjacent to an activating group) is 1. The molecule has 0 saturated carbocycles. The summed E-state index contributed by atoms with van der Waals surface area (Å²) in [5.41, 5.74) is 0.927. The van der Waals surface area contributed by atoms with Crippen LogP contribution < -0.4 is 10.2 Å². The zero-order valence-corrected chi connectivity index (χ0v) is 12.3. The third kappa shape index (κ3) is 3.71. The summed E-state index contributed by atoms with van der Waals surface area (Å²) in [6, 6.07) is 4.02. The van der Waals surface area contributed by atoms with E-state index >= 15 is 0 Å². The summed E-state index contributed by atoms with van der Waals surface area (Å²) in [5, 5.41) is 3.15. The van der Waals surface area contributed by atoms with Crippen LogP contribution in [0.15, 0.2) is 24.9 Å². The smallest absolute Gasteiger partial charge is 0.128 e. The Hall–Kier alpha value is -1.59. The lowest BCUT2D eigenvalue weighted by atomic mass is 10.2. The van der Waals surface area contributed by atoms with Crippen molar-refractivity contribution in [3.05, 3.63) is 30.5 Å². The second kappa shape index (κ2) is 7.26. The summed E-state index contributed by atoms with van der Waals surface area (Å²) in [6.45, 7) is 9.79. The molecule has 1 aromatic heterocycles. The average Bonchev–Trinajstić information content (AvgIpc) is 2.48. The Morgan fingerprint density at radius 2 is 2.45 bits per heavy atom. The molecule has 0 spiro atoms. The van der Waals surface area contributed by atoms with E-state index in [1.165, 1.54) is 0 Å².